The molecule has 2 aromatic rings. The Morgan fingerprint density at radius 2 is 1.48 bits per heavy atom. The number of piperidine rings is 1. The predicted octanol–water partition coefficient (Wildman–Crippen LogP) is 1.97. The second-order valence-electron chi connectivity index (χ2n) is 6.13. The molecule has 2 aromatic carbocycles. The van der Waals surface area contributed by atoms with Crippen LogP contribution in [0.5, 0.6) is 0 Å². The molecule has 1 heterocycles. The van der Waals surface area contributed by atoms with Gasteiger partial charge in [-0.2, -0.15) is 13.6 Å². The van der Waals surface area contributed by atoms with Crippen molar-refractivity contribution in [1.29, 1.82) is 0 Å². The van der Waals surface area contributed by atoms with E-state index in [1.54, 1.807) is 0 Å². The molecule has 1 saturated heterocycles. The summed E-state index contributed by atoms with van der Waals surface area (Å²) in [7, 11) is -4.35. The van der Waals surface area contributed by atoms with E-state index in [4.69, 9.17) is 5.14 Å². The minimum Gasteiger partial charge on any atom is -0.371 e. The van der Waals surface area contributed by atoms with E-state index in [0.29, 0.717) is 25.9 Å². The summed E-state index contributed by atoms with van der Waals surface area (Å²) in [5.74, 6) is -0.811. The summed E-state index contributed by atoms with van der Waals surface area (Å²) in [6.45, 7) is 1.22. The summed E-state index contributed by atoms with van der Waals surface area (Å²) in [6, 6.07) is 19.0. The second kappa shape index (κ2) is 6.85. The minimum atomic E-state index is -4.35. The normalized spacial score (nSPS) is 17.1. The third-order valence-electron chi connectivity index (χ3n) is 4.65. The van der Waals surface area contributed by atoms with Crippen LogP contribution in [-0.4, -0.2) is 27.5 Å². The number of nitrogens with zero attached hydrogens (tertiary/aromatic N) is 1. The smallest absolute Gasteiger partial charge is 0.371 e. The van der Waals surface area contributed by atoms with E-state index in [1.165, 1.54) is 0 Å². The van der Waals surface area contributed by atoms with Crippen molar-refractivity contribution in [3.8, 4) is 0 Å². The molecule has 0 atom stereocenters. The lowest BCUT2D eigenvalue weighted by Crippen LogP contribution is -2.49. The maximum atomic E-state index is 12.7. The Morgan fingerprint density at radius 1 is 0.960 bits per heavy atom. The number of carbonyl (C=O) groups excluding carboxylic acids is 1. The van der Waals surface area contributed by atoms with Crippen molar-refractivity contribution < 1.29 is 17.4 Å². The molecular weight excluding hydrogens is 340 g/mol. The Morgan fingerprint density at radius 3 is 2.00 bits per heavy atom. The topological polar surface area (TPSA) is 89.7 Å². The highest BCUT2D eigenvalue weighted by Gasteiger charge is 2.45. The number of hydrogen-bond acceptors (Lipinski definition) is 5. The summed E-state index contributed by atoms with van der Waals surface area (Å²) in [5, 5.41) is 4.92. The monoisotopic (exact) mass is 360 g/mol. The van der Waals surface area contributed by atoms with Gasteiger partial charge >= 0.3 is 16.3 Å². The SMILES string of the molecule is NS(=O)(=O)OC(=O)C1(c2ccccc2)CCN(c2ccccc2)CC1. The molecule has 0 spiro atoms. The van der Waals surface area contributed by atoms with Crippen LogP contribution in [0.15, 0.2) is 60.7 Å². The number of nitrogens with two attached hydrogens (primary N) is 1. The van der Waals surface area contributed by atoms with Gasteiger partial charge < -0.3 is 9.08 Å². The van der Waals surface area contributed by atoms with E-state index in [9.17, 15) is 13.2 Å². The molecule has 0 aromatic heterocycles. The number of benzene rings is 2. The van der Waals surface area contributed by atoms with Gasteiger partial charge in [0.15, 0.2) is 0 Å². The summed E-state index contributed by atoms with van der Waals surface area (Å²) in [5.41, 5.74) is 0.805. The molecule has 6 nitrogen and oxygen atoms in total. The lowest BCUT2D eigenvalue weighted by atomic mass is 9.72. The van der Waals surface area contributed by atoms with Gasteiger partial charge in [0.2, 0.25) is 0 Å². The maximum Gasteiger partial charge on any atom is 0.382 e. The fourth-order valence-corrected chi connectivity index (χ4v) is 3.71. The minimum absolute atomic E-state index is 0.445. The van der Waals surface area contributed by atoms with Gasteiger partial charge in [-0.05, 0) is 30.5 Å². The van der Waals surface area contributed by atoms with Gasteiger partial charge in [-0.3, -0.25) is 0 Å². The third kappa shape index (κ3) is 3.83. The van der Waals surface area contributed by atoms with Crippen molar-refractivity contribution in [3.63, 3.8) is 0 Å². The van der Waals surface area contributed by atoms with E-state index < -0.39 is 21.7 Å². The quantitative estimate of drug-likeness (QED) is 0.900. The summed E-state index contributed by atoms with van der Waals surface area (Å²) >= 11 is 0. The zero-order chi connectivity index (χ0) is 17.9. The Bertz CT molecular complexity index is 830. The molecule has 3 rings (SSSR count). The van der Waals surface area contributed by atoms with Gasteiger partial charge in [0.1, 0.15) is 0 Å². The standard InChI is InChI=1S/C18H20N2O4S/c19-25(22,23)24-17(21)18(15-7-3-1-4-8-15)11-13-20(14-12-18)16-9-5-2-6-10-16/h1-10H,11-14H2,(H2,19,22,23). The Kier molecular flexibility index (Phi) is 4.78. The van der Waals surface area contributed by atoms with Crippen LogP contribution >= 0.6 is 0 Å². The lowest BCUT2D eigenvalue weighted by molar-refractivity contribution is -0.141. The molecule has 1 aliphatic heterocycles. The van der Waals surface area contributed by atoms with Crippen molar-refractivity contribution in [2.24, 2.45) is 5.14 Å². The van der Waals surface area contributed by atoms with Crippen molar-refractivity contribution in [1.82, 2.24) is 0 Å². The zero-order valence-corrected chi connectivity index (χ0v) is 14.5. The van der Waals surface area contributed by atoms with Gasteiger partial charge in [0.25, 0.3) is 0 Å². The largest absolute Gasteiger partial charge is 0.382 e. The van der Waals surface area contributed by atoms with Gasteiger partial charge in [0.05, 0.1) is 5.41 Å². The average Bonchev–Trinajstić information content (AvgIpc) is 2.62. The number of hydrogen-bond donors (Lipinski definition) is 1. The number of anilines is 1. The lowest BCUT2D eigenvalue weighted by Gasteiger charge is -2.40. The van der Waals surface area contributed by atoms with Crippen LogP contribution in [0.2, 0.25) is 0 Å². The molecule has 0 amide bonds. The van der Waals surface area contributed by atoms with Crippen LogP contribution in [0.1, 0.15) is 18.4 Å². The van der Waals surface area contributed by atoms with Gasteiger partial charge in [0, 0.05) is 18.8 Å². The summed E-state index contributed by atoms with van der Waals surface area (Å²) in [4.78, 5) is 14.9. The van der Waals surface area contributed by atoms with E-state index in [1.807, 2.05) is 60.7 Å². The van der Waals surface area contributed by atoms with Crippen LogP contribution in [0.25, 0.3) is 0 Å². The molecule has 0 unspecified atom stereocenters. The first-order valence-corrected chi connectivity index (χ1v) is 9.50. The molecule has 7 heteroatoms. The van der Waals surface area contributed by atoms with Crippen LogP contribution in [0.4, 0.5) is 5.69 Å². The van der Waals surface area contributed by atoms with Crippen LogP contribution in [-0.2, 0) is 24.7 Å². The Labute approximate surface area is 147 Å². The van der Waals surface area contributed by atoms with Crippen molar-refractivity contribution in [2.75, 3.05) is 18.0 Å². The second-order valence-corrected chi connectivity index (χ2v) is 7.29. The molecule has 132 valence electrons. The molecule has 1 fully saturated rings. The van der Waals surface area contributed by atoms with E-state index >= 15 is 0 Å². The van der Waals surface area contributed by atoms with Crippen molar-refractivity contribution in [2.45, 2.75) is 18.3 Å². The van der Waals surface area contributed by atoms with E-state index in [0.717, 1.165) is 11.3 Å². The predicted molar refractivity (Wildman–Crippen MR) is 95.2 cm³/mol. The highest BCUT2D eigenvalue weighted by molar-refractivity contribution is 7.84. The molecule has 1 aliphatic rings. The van der Waals surface area contributed by atoms with E-state index in [-0.39, 0.29) is 0 Å². The average molecular weight is 360 g/mol. The number of para-hydroxylation sites is 1. The first kappa shape index (κ1) is 17.4. The van der Waals surface area contributed by atoms with Gasteiger partial charge in [-0.1, -0.05) is 48.5 Å². The number of carbonyl (C=O) groups is 1. The molecule has 2 N–H and O–H groups in total. The molecule has 0 bridgehead atoms. The zero-order valence-electron chi connectivity index (χ0n) is 13.7. The molecule has 0 saturated carbocycles. The molecule has 0 aliphatic carbocycles. The highest BCUT2D eigenvalue weighted by Crippen LogP contribution is 2.38. The summed E-state index contributed by atoms with van der Waals surface area (Å²) in [6.07, 6.45) is 0.889. The Balaban J connectivity index is 1.89. The van der Waals surface area contributed by atoms with Gasteiger partial charge in [-0.25, -0.2) is 4.79 Å². The molecule has 0 radical (unpaired) electrons. The van der Waals surface area contributed by atoms with Crippen LogP contribution in [0.3, 0.4) is 0 Å². The van der Waals surface area contributed by atoms with Crippen LogP contribution in [0, 0.1) is 0 Å². The number of rotatable bonds is 4. The molecule has 25 heavy (non-hydrogen) atoms. The molecular formula is C18H20N2O4S. The highest BCUT2D eigenvalue weighted by atomic mass is 32.2. The van der Waals surface area contributed by atoms with Crippen molar-refractivity contribution >= 4 is 22.0 Å². The summed E-state index contributed by atoms with van der Waals surface area (Å²) < 4.78 is 27.1. The maximum absolute atomic E-state index is 12.7. The van der Waals surface area contributed by atoms with Gasteiger partial charge in [-0.15, -0.1) is 0 Å². The van der Waals surface area contributed by atoms with E-state index in [2.05, 4.69) is 9.08 Å². The van der Waals surface area contributed by atoms with Crippen molar-refractivity contribution in [3.05, 3.63) is 66.2 Å². The van der Waals surface area contributed by atoms with Crippen LogP contribution < -0.4 is 10.0 Å². The first-order chi connectivity index (χ1) is 11.9. The first-order valence-electron chi connectivity index (χ1n) is 8.03. The fourth-order valence-electron chi connectivity index (χ4n) is 3.34. The Hall–Kier alpha value is -2.38. The fraction of sp³-hybridized carbons (Fsp3) is 0.278. The third-order valence-corrected chi connectivity index (χ3v) is 5.03.